The molecule has 0 unspecified atom stereocenters. The molecule has 5 N–H and O–H groups in total. The molecule has 1 aliphatic rings. The number of aromatic amines is 1. The van der Waals surface area contributed by atoms with E-state index in [1.807, 2.05) is 6.92 Å². The first-order chi connectivity index (χ1) is 9.52. The van der Waals surface area contributed by atoms with Crippen LogP contribution in [0.25, 0.3) is 0 Å². The van der Waals surface area contributed by atoms with E-state index >= 15 is 0 Å². The molecule has 0 atom stereocenters. The number of primary amides is 1. The molecule has 1 aromatic heterocycles. The van der Waals surface area contributed by atoms with Crippen LogP contribution in [0.3, 0.4) is 0 Å². The fourth-order valence-corrected chi connectivity index (χ4v) is 2.59. The monoisotopic (exact) mass is 279 g/mol. The van der Waals surface area contributed by atoms with Crippen molar-refractivity contribution in [2.24, 2.45) is 11.7 Å². The van der Waals surface area contributed by atoms with Crippen LogP contribution in [0, 0.1) is 5.92 Å². The van der Waals surface area contributed by atoms with Gasteiger partial charge in [0.1, 0.15) is 0 Å². The summed E-state index contributed by atoms with van der Waals surface area (Å²) in [4.78, 5) is 25.0. The van der Waals surface area contributed by atoms with E-state index in [9.17, 15) is 9.59 Å². The lowest BCUT2D eigenvalue weighted by molar-refractivity contribution is -0.119. The number of nitrogens with two attached hydrogens (primary N) is 2. The van der Waals surface area contributed by atoms with Crippen molar-refractivity contribution in [3.63, 3.8) is 0 Å². The van der Waals surface area contributed by atoms with Gasteiger partial charge in [-0.15, -0.1) is 0 Å². The number of nitrogen functional groups attached to an aromatic ring is 1. The Morgan fingerprint density at radius 1 is 1.40 bits per heavy atom. The van der Waals surface area contributed by atoms with Gasteiger partial charge in [-0.3, -0.25) is 14.7 Å². The zero-order valence-corrected chi connectivity index (χ0v) is 11.7. The summed E-state index contributed by atoms with van der Waals surface area (Å²) in [6.07, 6.45) is 2.69. The number of likely N-dealkylation sites (tertiary alicyclic amines) is 1. The Morgan fingerprint density at radius 2 is 2.05 bits per heavy atom. The number of aryl methyl sites for hydroxylation is 1. The number of H-pyrrole nitrogens is 1. The highest BCUT2D eigenvalue weighted by atomic mass is 16.2. The van der Waals surface area contributed by atoms with Gasteiger partial charge in [-0.25, -0.2) is 0 Å². The van der Waals surface area contributed by atoms with Crippen LogP contribution in [0.2, 0.25) is 0 Å². The molecular weight excluding hydrogens is 258 g/mol. The molecule has 7 nitrogen and oxygen atoms in total. The third-order valence-electron chi connectivity index (χ3n) is 3.83. The Labute approximate surface area is 117 Å². The topological polar surface area (TPSA) is 118 Å². The van der Waals surface area contributed by atoms with E-state index in [2.05, 4.69) is 10.2 Å². The number of piperidine rings is 1. The van der Waals surface area contributed by atoms with Crippen molar-refractivity contribution in [2.45, 2.75) is 32.6 Å². The second kappa shape index (κ2) is 5.94. The average molecular weight is 279 g/mol. The summed E-state index contributed by atoms with van der Waals surface area (Å²) in [6, 6.07) is 0. The molecule has 0 spiro atoms. The minimum Gasteiger partial charge on any atom is -0.395 e. The van der Waals surface area contributed by atoms with Crippen LogP contribution in [0.4, 0.5) is 5.69 Å². The third kappa shape index (κ3) is 2.92. The highest BCUT2D eigenvalue weighted by Crippen LogP contribution is 2.23. The summed E-state index contributed by atoms with van der Waals surface area (Å²) in [5.41, 5.74) is 12.6. The normalized spacial score (nSPS) is 16.4. The zero-order valence-electron chi connectivity index (χ0n) is 11.7. The molecule has 2 rings (SSSR count). The number of carbonyl (C=O) groups is 2. The van der Waals surface area contributed by atoms with Crippen LogP contribution in [-0.2, 0) is 11.2 Å². The minimum atomic E-state index is -0.279. The van der Waals surface area contributed by atoms with Crippen molar-refractivity contribution in [2.75, 3.05) is 18.8 Å². The summed E-state index contributed by atoms with van der Waals surface area (Å²) < 4.78 is 0. The number of hydrogen-bond acceptors (Lipinski definition) is 4. The number of anilines is 1. The lowest BCUT2D eigenvalue weighted by Crippen LogP contribution is -2.39. The molecule has 1 saturated heterocycles. The number of aromatic nitrogens is 2. The Balaban J connectivity index is 1.98. The van der Waals surface area contributed by atoms with Gasteiger partial charge in [0.05, 0.1) is 11.4 Å². The molecule has 0 radical (unpaired) electrons. The van der Waals surface area contributed by atoms with Crippen molar-refractivity contribution >= 4 is 17.5 Å². The van der Waals surface area contributed by atoms with Crippen molar-refractivity contribution in [3.8, 4) is 0 Å². The Hall–Kier alpha value is -2.05. The van der Waals surface area contributed by atoms with E-state index in [0.717, 1.165) is 18.5 Å². The largest absolute Gasteiger partial charge is 0.395 e. The number of carbonyl (C=O) groups excluding carboxylic acids is 2. The highest BCUT2D eigenvalue weighted by Gasteiger charge is 2.27. The van der Waals surface area contributed by atoms with Crippen LogP contribution in [0.1, 0.15) is 42.4 Å². The van der Waals surface area contributed by atoms with Gasteiger partial charge in [-0.2, -0.15) is 5.10 Å². The molecule has 1 aromatic rings. The van der Waals surface area contributed by atoms with E-state index < -0.39 is 0 Å². The number of hydrogen-bond donors (Lipinski definition) is 3. The van der Waals surface area contributed by atoms with Gasteiger partial charge >= 0.3 is 0 Å². The van der Waals surface area contributed by atoms with Crippen LogP contribution in [-0.4, -0.2) is 40.0 Å². The number of nitrogens with one attached hydrogen (secondary N) is 1. The number of rotatable bonds is 4. The van der Waals surface area contributed by atoms with E-state index in [1.54, 1.807) is 4.90 Å². The second-order valence-electron chi connectivity index (χ2n) is 5.22. The summed E-state index contributed by atoms with van der Waals surface area (Å²) in [7, 11) is 0. The van der Waals surface area contributed by atoms with Crippen molar-refractivity contribution in [1.29, 1.82) is 0 Å². The fraction of sp³-hybridized carbons (Fsp3) is 0.615. The summed E-state index contributed by atoms with van der Waals surface area (Å²) in [5, 5.41) is 6.81. The molecule has 1 fully saturated rings. The molecule has 0 aromatic carbocycles. The molecule has 110 valence electrons. The fourth-order valence-electron chi connectivity index (χ4n) is 2.59. The van der Waals surface area contributed by atoms with Gasteiger partial charge in [-0.1, -0.05) is 6.92 Å². The molecule has 7 heteroatoms. The van der Waals surface area contributed by atoms with Crippen LogP contribution >= 0.6 is 0 Å². The second-order valence-corrected chi connectivity index (χ2v) is 5.22. The first kappa shape index (κ1) is 14.4. The summed E-state index contributed by atoms with van der Waals surface area (Å²) in [6.45, 7) is 3.18. The molecule has 2 heterocycles. The maximum absolute atomic E-state index is 12.4. The van der Waals surface area contributed by atoms with Crippen LogP contribution in [0.5, 0.6) is 0 Å². The first-order valence-corrected chi connectivity index (χ1v) is 6.93. The standard InChI is InChI=1S/C13H21N5O2/c1-2-9-11(15)12(17-16-9)13(20)18-5-3-8(4-6-18)7-10(14)19/h8H,2-7,15H2,1H3,(H2,14,19)(H,16,17). The number of nitrogens with zero attached hydrogens (tertiary/aromatic N) is 2. The predicted molar refractivity (Wildman–Crippen MR) is 74.8 cm³/mol. The van der Waals surface area contributed by atoms with E-state index in [0.29, 0.717) is 37.3 Å². The molecule has 2 amide bonds. The highest BCUT2D eigenvalue weighted by molar-refractivity contribution is 5.97. The zero-order chi connectivity index (χ0) is 14.7. The summed E-state index contributed by atoms with van der Waals surface area (Å²) in [5.74, 6) is -0.144. The molecule has 0 saturated carbocycles. The smallest absolute Gasteiger partial charge is 0.276 e. The minimum absolute atomic E-state index is 0.143. The van der Waals surface area contributed by atoms with Crippen LogP contribution in [0.15, 0.2) is 0 Å². The lowest BCUT2D eigenvalue weighted by atomic mass is 9.93. The quantitative estimate of drug-likeness (QED) is 0.733. The van der Waals surface area contributed by atoms with Gasteiger partial charge in [0.15, 0.2) is 5.69 Å². The molecule has 1 aliphatic heterocycles. The SMILES string of the molecule is CCc1[nH]nc(C(=O)N2CCC(CC(N)=O)CC2)c1N. The Morgan fingerprint density at radius 3 is 2.55 bits per heavy atom. The average Bonchev–Trinajstić information content (AvgIpc) is 2.79. The third-order valence-corrected chi connectivity index (χ3v) is 3.83. The van der Waals surface area contributed by atoms with E-state index in [4.69, 9.17) is 11.5 Å². The van der Waals surface area contributed by atoms with Crippen molar-refractivity contribution in [3.05, 3.63) is 11.4 Å². The van der Waals surface area contributed by atoms with Gasteiger partial charge in [0, 0.05) is 19.5 Å². The van der Waals surface area contributed by atoms with Gasteiger partial charge in [0.25, 0.3) is 5.91 Å². The molecule has 0 aliphatic carbocycles. The van der Waals surface area contributed by atoms with E-state index in [-0.39, 0.29) is 17.7 Å². The maximum atomic E-state index is 12.4. The van der Waals surface area contributed by atoms with Gasteiger partial charge in [0.2, 0.25) is 5.91 Å². The van der Waals surface area contributed by atoms with Crippen LogP contribution < -0.4 is 11.5 Å². The van der Waals surface area contributed by atoms with E-state index in [1.165, 1.54) is 0 Å². The Bertz CT molecular complexity index is 503. The maximum Gasteiger partial charge on any atom is 0.276 e. The molecule has 20 heavy (non-hydrogen) atoms. The molecule has 0 bridgehead atoms. The summed E-state index contributed by atoms with van der Waals surface area (Å²) >= 11 is 0. The number of amides is 2. The lowest BCUT2D eigenvalue weighted by Gasteiger charge is -2.31. The van der Waals surface area contributed by atoms with Gasteiger partial charge < -0.3 is 16.4 Å². The van der Waals surface area contributed by atoms with Crippen molar-refractivity contribution < 1.29 is 9.59 Å². The Kier molecular flexibility index (Phi) is 4.26. The molecular formula is C13H21N5O2. The van der Waals surface area contributed by atoms with Gasteiger partial charge in [-0.05, 0) is 25.2 Å². The van der Waals surface area contributed by atoms with Crippen molar-refractivity contribution in [1.82, 2.24) is 15.1 Å². The predicted octanol–water partition coefficient (Wildman–Crippen LogP) is 0.282. The first-order valence-electron chi connectivity index (χ1n) is 6.93.